The number of rotatable bonds is 7. The fourth-order valence-electron chi connectivity index (χ4n) is 5.47. The zero-order valence-electron chi connectivity index (χ0n) is 17.8. The van der Waals surface area contributed by atoms with Crippen molar-refractivity contribution in [3.8, 4) is 6.07 Å². The largest absolute Gasteiger partial charge is 0.205 e. The lowest BCUT2D eigenvalue weighted by molar-refractivity contribution is 0.222. The Balaban J connectivity index is 1.34. The standard InChI is InChI=1S/C26H35F2N/c1-2-3-19-4-6-20(7-5-19)8-9-21-10-12-22(13-11-21)14-15-23-16-25(27)24(18-29)26(28)17-23/h2-3,16-17,19-22H,4-15H2,1H3/b3-2+. The topological polar surface area (TPSA) is 23.8 Å². The summed E-state index contributed by atoms with van der Waals surface area (Å²) in [5.74, 6) is 1.85. The number of halogens is 2. The molecule has 0 radical (unpaired) electrons. The quantitative estimate of drug-likeness (QED) is 0.430. The zero-order chi connectivity index (χ0) is 20.6. The van der Waals surface area contributed by atoms with E-state index in [2.05, 4.69) is 19.1 Å². The maximum atomic E-state index is 13.8. The van der Waals surface area contributed by atoms with Gasteiger partial charge < -0.3 is 0 Å². The van der Waals surface area contributed by atoms with Crippen LogP contribution in [0.3, 0.4) is 0 Å². The van der Waals surface area contributed by atoms with Crippen LogP contribution >= 0.6 is 0 Å². The molecule has 2 saturated carbocycles. The molecule has 0 unspecified atom stereocenters. The molecule has 29 heavy (non-hydrogen) atoms. The van der Waals surface area contributed by atoms with Gasteiger partial charge in [0.25, 0.3) is 0 Å². The summed E-state index contributed by atoms with van der Waals surface area (Å²) in [5, 5.41) is 8.78. The first-order chi connectivity index (χ1) is 14.1. The summed E-state index contributed by atoms with van der Waals surface area (Å²) in [7, 11) is 0. The minimum atomic E-state index is -0.731. The molecule has 3 rings (SSSR count). The molecule has 0 N–H and O–H groups in total. The van der Waals surface area contributed by atoms with Crippen LogP contribution in [-0.4, -0.2) is 0 Å². The van der Waals surface area contributed by atoms with Gasteiger partial charge in [0.2, 0.25) is 0 Å². The van der Waals surface area contributed by atoms with Gasteiger partial charge in [0.05, 0.1) is 0 Å². The number of nitrogens with zero attached hydrogens (tertiary/aromatic N) is 1. The fourth-order valence-corrected chi connectivity index (χ4v) is 5.47. The summed E-state index contributed by atoms with van der Waals surface area (Å²) < 4.78 is 27.5. The fraction of sp³-hybridized carbons (Fsp3) is 0.654. The highest BCUT2D eigenvalue weighted by Gasteiger charge is 2.24. The van der Waals surface area contributed by atoms with Gasteiger partial charge in [-0.2, -0.15) is 5.26 Å². The number of hydrogen-bond donors (Lipinski definition) is 0. The number of benzene rings is 1. The first kappa shape index (κ1) is 22.0. The molecule has 0 heterocycles. The molecule has 0 bridgehead atoms. The second kappa shape index (κ2) is 10.9. The molecule has 1 aromatic rings. The average Bonchev–Trinajstić information content (AvgIpc) is 2.72. The predicted molar refractivity (Wildman–Crippen MR) is 114 cm³/mol. The van der Waals surface area contributed by atoms with Gasteiger partial charge in [-0.05, 0) is 86.8 Å². The van der Waals surface area contributed by atoms with Crippen molar-refractivity contribution in [3.63, 3.8) is 0 Å². The summed E-state index contributed by atoms with van der Waals surface area (Å²) in [6, 6.07) is 4.25. The number of hydrogen-bond acceptors (Lipinski definition) is 1. The smallest absolute Gasteiger partial charge is 0.144 e. The third kappa shape index (κ3) is 6.39. The van der Waals surface area contributed by atoms with Gasteiger partial charge in [0.15, 0.2) is 0 Å². The van der Waals surface area contributed by atoms with Crippen molar-refractivity contribution in [1.29, 1.82) is 5.26 Å². The lowest BCUT2D eigenvalue weighted by Gasteiger charge is -2.31. The number of allylic oxidation sites excluding steroid dienone is 2. The van der Waals surface area contributed by atoms with Crippen LogP contribution in [0.2, 0.25) is 0 Å². The van der Waals surface area contributed by atoms with Crippen LogP contribution in [0.5, 0.6) is 0 Å². The van der Waals surface area contributed by atoms with E-state index in [1.165, 1.54) is 76.3 Å². The van der Waals surface area contributed by atoms with Crippen LogP contribution in [0, 0.1) is 46.6 Å². The minimum absolute atomic E-state index is 0.468. The van der Waals surface area contributed by atoms with Gasteiger partial charge >= 0.3 is 0 Å². The van der Waals surface area contributed by atoms with Gasteiger partial charge in [-0.15, -0.1) is 0 Å². The lowest BCUT2D eigenvalue weighted by Crippen LogP contribution is -2.18. The van der Waals surface area contributed by atoms with E-state index in [1.54, 1.807) is 6.07 Å². The van der Waals surface area contributed by atoms with E-state index in [-0.39, 0.29) is 0 Å². The molecule has 0 amide bonds. The molecule has 0 atom stereocenters. The molecule has 158 valence electrons. The van der Waals surface area contributed by atoms with Crippen molar-refractivity contribution in [3.05, 3.63) is 47.0 Å². The maximum Gasteiger partial charge on any atom is 0.144 e. The Hall–Kier alpha value is -1.69. The maximum absolute atomic E-state index is 13.8. The highest BCUT2D eigenvalue weighted by molar-refractivity contribution is 5.35. The van der Waals surface area contributed by atoms with Crippen LogP contribution in [0.1, 0.15) is 88.7 Å². The van der Waals surface area contributed by atoms with Crippen LogP contribution in [0.15, 0.2) is 24.3 Å². The minimum Gasteiger partial charge on any atom is -0.205 e. The molecular formula is C26H35F2N. The first-order valence-corrected chi connectivity index (χ1v) is 11.6. The molecule has 1 nitrogen and oxygen atoms in total. The summed E-state index contributed by atoms with van der Waals surface area (Å²) in [4.78, 5) is 0. The van der Waals surface area contributed by atoms with Crippen LogP contribution in [-0.2, 0) is 6.42 Å². The Kier molecular flexibility index (Phi) is 8.28. The Morgan fingerprint density at radius 2 is 1.34 bits per heavy atom. The van der Waals surface area contributed by atoms with E-state index >= 15 is 0 Å². The average molecular weight is 400 g/mol. The van der Waals surface area contributed by atoms with E-state index in [9.17, 15) is 8.78 Å². The second-order valence-electron chi connectivity index (χ2n) is 9.36. The highest BCUT2D eigenvalue weighted by atomic mass is 19.1. The van der Waals surface area contributed by atoms with Crippen molar-refractivity contribution in [2.45, 2.75) is 84.0 Å². The molecule has 0 saturated heterocycles. The predicted octanol–water partition coefficient (Wildman–Crippen LogP) is 7.74. The van der Waals surface area contributed by atoms with Gasteiger partial charge in [0.1, 0.15) is 23.3 Å². The van der Waals surface area contributed by atoms with Gasteiger partial charge in [0, 0.05) is 0 Å². The first-order valence-electron chi connectivity index (χ1n) is 11.6. The third-order valence-corrected chi connectivity index (χ3v) is 7.36. The number of nitriles is 1. The highest BCUT2D eigenvalue weighted by Crippen LogP contribution is 2.38. The Morgan fingerprint density at radius 1 is 0.862 bits per heavy atom. The van der Waals surface area contributed by atoms with Gasteiger partial charge in [-0.3, -0.25) is 0 Å². The van der Waals surface area contributed by atoms with Crippen molar-refractivity contribution < 1.29 is 8.78 Å². The van der Waals surface area contributed by atoms with E-state index in [0.29, 0.717) is 17.9 Å². The molecule has 3 heteroatoms. The Labute approximate surface area is 175 Å². The normalized spacial score (nSPS) is 27.8. The van der Waals surface area contributed by atoms with Crippen molar-refractivity contribution in [2.24, 2.45) is 23.7 Å². The van der Waals surface area contributed by atoms with E-state index < -0.39 is 17.2 Å². The summed E-state index contributed by atoms with van der Waals surface area (Å²) in [6.07, 6.45) is 19.8. The monoisotopic (exact) mass is 399 g/mol. The van der Waals surface area contributed by atoms with Crippen molar-refractivity contribution in [1.82, 2.24) is 0 Å². The zero-order valence-corrected chi connectivity index (χ0v) is 17.8. The molecular weight excluding hydrogens is 364 g/mol. The molecule has 2 fully saturated rings. The second-order valence-corrected chi connectivity index (χ2v) is 9.36. The summed E-state index contributed by atoms with van der Waals surface area (Å²) >= 11 is 0. The number of aryl methyl sites for hydroxylation is 1. The summed E-state index contributed by atoms with van der Waals surface area (Å²) in [5.41, 5.74) is 0.208. The van der Waals surface area contributed by atoms with E-state index in [0.717, 1.165) is 24.2 Å². The third-order valence-electron chi connectivity index (χ3n) is 7.36. The lowest BCUT2D eigenvalue weighted by atomic mass is 9.75. The molecule has 2 aliphatic rings. The van der Waals surface area contributed by atoms with E-state index in [4.69, 9.17) is 5.26 Å². The van der Waals surface area contributed by atoms with Crippen LogP contribution in [0.25, 0.3) is 0 Å². The molecule has 0 aliphatic heterocycles. The summed E-state index contributed by atoms with van der Waals surface area (Å²) in [6.45, 7) is 2.13. The van der Waals surface area contributed by atoms with Gasteiger partial charge in [-0.1, -0.05) is 50.7 Å². The molecule has 1 aromatic carbocycles. The van der Waals surface area contributed by atoms with E-state index in [1.807, 2.05) is 0 Å². The Bertz CT molecular complexity index is 694. The van der Waals surface area contributed by atoms with Crippen LogP contribution < -0.4 is 0 Å². The van der Waals surface area contributed by atoms with Crippen LogP contribution in [0.4, 0.5) is 8.78 Å². The van der Waals surface area contributed by atoms with Crippen molar-refractivity contribution in [2.75, 3.05) is 0 Å². The Morgan fingerprint density at radius 3 is 1.83 bits per heavy atom. The van der Waals surface area contributed by atoms with Crippen molar-refractivity contribution >= 4 is 0 Å². The van der Waals surface area contributed by atoms with Gasteiger partial charge in [-0.25, -0.2) is 8.78 Å². The molecule has 0 spiro atoms. The molecule has 0 aromatic heterocycles. The molecule has 2 aliphatic carbocycles. The SMILES string of the molecule is C/C=C/C1CCC(CCC2CCC(CCc3cc(F)c(C#N)c(F)c3)CC2)CC1.